The van der Waals surface area contributed by atoms with Crippen LogP contribution in [0.3, 0.4) is 0 Å². The molecular formula is C13H13NO4. The molecule has 0 saturated carbocycles. The van der Waals surface area contributed by atoms with Gasteiger partial charge in [0.05, 0.1) is 17.8 Å². The minimum absolute atomic E-state index is 0.0668. The number of ether oxygens (including phenoxy) is 1. The number of carbonyl (C=O) groups excluding carboxylic acids is 1. The largest absolute Gasteiger partial charge is 0.481 e. The van der Waals surface area contributed by atoms with Crippen LogP contribution in [0, 0.1) is 0 Å². The highest BCUT2D eigenvalue weighted by Crippen LogP contribution is 2.22. The lowest BCUT2D eigenvalue weighted by molar-refractivity contribution is -0.138. The van der Waals surface area contributed by atoms with Crippen molar-refractivity contribution in [1.29, 1.82) is 0 Å². The minimum atomic E-state index is -0.836. The van der Waals surface area contributed by atoms with Gasteiger partial charge in [0.2, 0.25) is 0 Å². The predicted octanol–water partition coefficient (Wildman–Crippen LogP) is 1.72. The number of carboxylic acid groups (broad SMARTS) is 1. The molecular weight excluding hydrogens is 234 g/mol. The average Bonchev–Trinajstić information content (AvgIpc) is 2.73. The van der Waals surface area contributed by atoms with E-state index in [-0.39, 0.29) is 25.4 Å². The van der Waals surface area contributed by atoms with E-state index in [2.05, 4.69) is 4.99 Å². The molecule has 0 aliphatic carbocycles. The molecule has 0 unspecified atom stereocenters. The maximum atomic E-state index is 11.0. The number of hydrogen-bond donors (Lipinski definition) is 1. The molecule has 0 spiro atoms. The van der Waals surface area contributed by atoms with Crippen LogP contribution in [0.4, 0.5) is 5.69 Å². The van der Waals surface area contributed by atoms with Crippen molar-refractivity contribution in [3.05, 3.63) is 29.8 Å². The first-order chi connectivity index (χ1) is 8.65. The number of rotatable bonds is 4. The molecule has 0 aromatic heterocycles. The number of para-hydroxylation sites is 1. The zero-order valence-corrected chi connectivity index (χ0v) is 9.76. The Morgan fingerprint density at radius 1 is 1.39 bits per heavy atom. The van der Waals surface area contributed by atoms with Crippen LogP contribution >= 0.6 is 0 Å². The molecule has 1 aromatic carbocycles. The Bertz CT molecular complexity index is 507. The zero-order chi connectivity index (χ0) is 13.0. The molecule has 18 heavy (non-hydrogen) atoms. The second kappa shape index (κ2) is 5.44. The van der Waals surface area contributed by atoms with E-state index >= 15 is 0 Å². The summed E-state index contributed by atoms with van der Waals surface area (Å²) in [5.41, 5.74) is 2.27. The van der Waals surface area contributed by atoms with Gasteiger partial charge in [0.1, 0.15) is 6.61 Å². The fourth-order valence-corrected chi connectivity index (χ4v) is 1.75. The van der Waals surface area contributed by atoms with Crippen molar-refractivity contribution in [1.82, 2.24) is 0 Å². The Morgan fingerprint density at radius 3 is 2.83 bits per heavy atom. The number of carbonyl (C=O) groups is 2. The van der Waals surface area contributed by atoms with Crippen molar-refractivity contribution in [2.45, 2.75) is 19.3 Å². The molecule has 94 valence electrons. The molecule has 5 heteroatoms. The highest BCUT2D eigenvalue weighted by atomic mass is 16.5. The van der Waals surface area contributed by atoms with Gasteiger partial charge in [0.15, 0.2) is 0 Å². The standard InChI is InChI=1S/C13H13NO4/c15-12(16)6-5-9-3-1-2-4-11(9)14-10-7-13(17)18-8-10/h1-4H,5-8H2,(H,15,16). The van der Waals surface area contributed by atoms with Gasteiger partial charge in [-0.2, -0.15) is 0 Å². The molecule has 2 rings (SSSR count). The van der Waals surface area contributed by atoms with E-state index in [0.29, 0.717) is 17.8 Å². The molecule has 0 amide bonds. The Hall–Kier alpha value is -2.17. The summed E-state index contributed by atoms with van der Waals surface area (Å²) >= 11 is 0. The topological polar surface area (TPSA) is 76.0 Å². The number of carboxylic acids is 1. The summed E-state index contributed by atoms with van der Waals surface area (Å²) in [5, 5.41) is 8.68. The molecule has 0 radical (unpaired) electrons. The van der Waals surface area contributed by atoms with E-state index in [0.717, 1.165) is 5.56 Å². The second-order valence-electron chi connectivity index (χ2n) is 4.04. The summed E-state index contributed by atoms with van der Waals surface area (Å²) in [4.78, 5) is 25.9. The second-order valence-corrected chi connectivity index (χ2v) is 4.04. The van der Waals surface area contributed by atoms with Crippen LogP contribution in [0.2, 0.25) is 0 Å². The Balaban J connectivity index is 2.17. The highest BCUT2D eigenvalue weighted by molar-refractivity contribution is 6.05. The number of aliphatic imine (C=N–C) groups is 1. The van der Waals surface area contributed by atoms with Crippen LogP contribution in [0.1, 0.15) is 18.4 Å². The van der Waals surface area contributed by atoms with Crippen LogP contribution in [0.5, 0.6) is 0 Å². The number of hydrogen-bond acceptors (Lipinski definition) is 4. The summed E-state index contributed by atoms with van der Waals surface area (Å²) in [6.45, 7) is 0.228. The minimum Gasteiger partial charge on any atom is -0.481 e. The molecule has 5 nitrogen and oxygen atoms in total. The van der Waals surface area contributed by atoms with Crippen LogP contribution in [0.25, 0.3) is 0 Å². The molecule has 0 atom stereocenters. The third-order valence-electron chi connectivity index (χ3n) is 2.63. The van der Waals surface area contributed by atoms with Gasteiger partial charge in [-0.25, -0.2) is 0 Å². The van der Waals surface area contributed by atoms with E-state index in [1.807, 2.05) is 24.3 Å². The van der Waals surface area contributed by atoms with Crippen molar-refractivity contribution in [2.75, 3.05) is 6.61 Å². The van der Waals surface area contributed by atoms with E-state index in [1.54, 1.807) is 0 Å². The van der Waals surface area contributed by atoms with Crippen LogP contribution in [-0.2, 0) is 20.7 Å². The van der Waals surface area contributed by atoms with Crippen LogP contribution < -0.4 is 0 Å². The lowest BCUT2D eigenvalue weighted by Crippen LogP contribution is -1.99. The summed E-state index contributed by atoms with van der Waals surface area (Å²) < 4.78 is 4.81. The van der Waals surface area contributed by atoms with E-state index in [1.165, 1.54) is 0 Å². The maximum absolute atomic E-state index is 11.0. The van der Waals surface area contributed by atoms with Gasteiger partial charge in [0, 0.05) is 6.42 Å². The highest BCUT2D eigenvalue weighted by Gasteiger charge is 2.18. The smallest absolute Gasteiger partial charge is 0.312 e. The van der Waals surface area contributed by atoms with Gasteiger partial charge >= 0.3 is 11.9 Å². The van der Waals surface area contributed by atoms with Crippen molar-refractivity contribution in [2.24, 2.45) is 4.99 Å². The monoisotopic (exact) mass is 247 g/mol. The SMILES string of the molecule is O=C(O)CCc1ccccc1N=C1COC(=O)C1. The number of esters is 1. The van der Waals surface area contributed by atoms with E-state index in [4.69, 9.17) is 9.84 Å². The molecule has 1 aromatic rings. The van der Waals surface area contributed by atoms with Gasteiger partial charge in [0.25, 0.3) is 0 Å². The normalized spacial score (nSPS) is 16.9. The maximum Gasteiger partial charge on any atom is 0.312 e. The predicted molar refractivity (Wildman–Crippen MR) is 65.1 cm³/mol. The number of benzene rings is 1. The fourth-order valence-electron chi connectivity index (χ4n) is 1.75. The van der Waals surface area contributed by atoms with Gasteiger partial charge in [-0.05, 0) is 18.1 Å². The van der Waals surface area contributed by atoms with E-state index in [9.17, 15) is 9.59 Å². The fraction of sp³-hybridized carbons (Fsp3) is 0.308. The van der Waals surface area contributed by atoms with Crippen LogP contribution in [0.15, 0.2) is 29.3 Å². The van der Waals surface area contributed by atoms with E-state index < -0.39 is 5.97 Å². The Morgan fingerprint density at radius 2 is 2.17 bits per heavy atom. The third kappa shape index (κ3) is 3.16. The Labute approximate surface area is 104 Å². The lowest BCUT2D eigenvalue weighted by atomic mass is 10.1. The molecule has 1 heterocycles. The number of aliphatic carboxylic acids is 1. The molecule has 1 N–H and O–H groups in total. The number of aryl methyl sites for hydroxylation is 1. The zero-order valence-electron chi connectivity index (χ0n) is 9.76. The quantitative estimate of drug-likeness (QED) is 0.822. The van der Waals surface area contributed by atoms with Gasteiger partial charge in [-0.15, -0.1) is 0 Å². The summed E-state index contributed by atoms with van der Waals surface area (Å²) in [6.07, 6.45) is 0.710. The molecule has 1 fully saturated rings. The van der Waals surface area contributed by atoms with Crippen LogP contribution in [-0.4, -0.2) is 29.4 Å². The molecule has 0 bridgehead atoms. The third-order valence-corrected chi connectivity index (χ3v) is 2.63. The van der Waals surface area contributed by atoms with Crippen molar-refractivity contribution >= 4 is 23.3 Å². The number of cyclic esters (lactones) is 1. The molecule has 1 saturated heterocycles. The molecule has 1 aliphatic heterocycles. The first-order valence-corrected chi connectivity index (χ1v) is 5.67. The lowest BCUT2D eigenvalue weighted by Gasteiger charge is -2.04. The average molecular weight is 247 g/mol. The Kier molecular flexibility index (Phi) is 3.72. The first-order valence-electron chi connectivity index (χ1n) is 5.67. The van der Waals surface area contributed by atoms with Crippen molar-refractivity contribution in [3.63, 3.8) is 0 Å². The summed E-state index contributed by atoms with van der Waals surface area (Å²) in [7, 11) is 0. The van der Waals surface area contributed by atoms with Gasteiger partial charge in [-0.1, -0.05) is 18.2 Å². The van der Waals surface area contributed by atoms with Crippen molar-refractivity contribution < 1.29 is 19.4 Å². The van der Waals surface area contributed by atoms with Gasteiger partial charge < -0.3 is 9.84 Å². The number of nitrogens with zero attached hydrogens (tertiary/aromatic N) is 1. The molecule has 1 aliphatic rings. The summed E-state index contributed by atoms with van der Waals surface area (Å²) in [5.74, 6) is -1.10. The van der Waals surface area contributed by atoms with Gasteiger partial charge in [-0.3, -0.25) is 14.6 Å². The first kappa shape index (κ1) is 12.3. The summed E-state index contributed by atoms with van der Waals surface area (Å²) in [6, 6.07) is 7.34. The van der Waals surface area contributed by atoms with Crippen molar-refractivity contribution in [3.8, 4) is 0 Å².